The van der Waals surface area contributed by atoms with E-state index in [0.717, 1.165) is 37.5 Å². The van der Waals surface area contributed by atoms with Crippen LogP contribution in [0.4, 0.5) is 18.9 Å². The molecule has 2 N–H and O–H groups in total. The first-order chi connectivity index (χ1) is 9.38. The molecule has 1 saturated heterocycles. The molecule has 0 atom stereocenters. The van der Waals surface area contributed by atoms with Crippen molar-refractivity contribution in [3.05, 3.63) is 29.3 Å². The van der Waals surface area contributed by atoms with Gasteiger partial charge in [-0.05, 0) is 31.0 Å². The Labute approximate surface area is 114 Å². The van der Waals surface area contributed by atoms with Crippen LogP contribution in [0.1, 0.15) is 35.2 Å². The first-order valence-electron chi connectivity index (χ1n) is 6.32. The lowest BCUT2D eigenvalue weighted by Gasteiger charge is -2.25. The van der Waals surface area contributed by atoms with Gasteiger partial charge in [0, 0.05) is 18.8 Å². The molecule has 1 heterocycles. The van der Waals surface area contributed by atoms with E-state index in [0.29, 0.717) is 13.1 Å². The number of nitrogens with zero attached hydrogens (tertiary/aromatic N) is 1. The molecule has 0 saturated carbocycles. The quantitative estimate of drug-likeness (QED) is 0.850. The smallest absolute Gasteiger partial charge is 0.398 e. The van der Waals surface area contributed by atoms with Crippen molar-refractivity contribution in [1.82, 2.24) is 5.06 Å². The highest BCUT2D eigenvalue weighted by Crippen LogP contribution is 2.31. The minimum Gasteiger partial charge on any atom is -0.398 e. The number of nitrogens with two attached hydrogens (primary N) is 1. The number of rotatable bonds is 2. The number of anilines is 1. The van der Waals surface area contributed by atoms with Gasteiger partial charge in [0.15, 0.2) is 0 Å². The molecule has 0 spiro atoms. The number of hydrogen-bond acceptors (Lipinski definition) is 4. The highest BCUT2D eigenvalue weighted by Gasteiger charge is 2.31. The molecule has 110 valence electrons. The fraction of sp³-hybridized carbons (Fsp3) is 0.462. The lowest BCUT2D eigenvalue weighted by atomic mass is 10.1. The highest BCUT2D eigenvalue weighted by atomic mass is 19.4. The first kappa shape index (κ1) is 14.6. The van der Waals surface area contributed by atoms with Crippen LogP contribution in [0.3, 0.4) is 0 Å². The van der Waals surface area contributed by atoms with Gasteiger partial charge < -0.3 is 10.6 Å². The molecule has 2 rings (SSSR count). The molecule has 0 aromatic heterocycles. The van der Waals surface area contributed by atoms with Crippen LogP contribution in [-0.2, 0) is 11.0 Å². The number of hydroxylamine groups is 2. The van der Waals surface area contributed by atoms with Gasteiger partial charge in [-0.15, -0.1) is 5.06 Å². The van der Waals surface area contributed by atoms with Crippen molar-refractivity contribution in [2.75, 3.05) is 18.8 Å². The van der Waals surface area contributed by atoms with Gasteiger partial charge in [0.25, 0.3) is 0 Å². The summed E-state index contributed by atoms with van der Waals surface area (Å²) in [6.07, 6.45) is -1.55. The van der Waals surface area contributed by atoms with Crippen molar-refractivity contribution in [2.45, 2.75) is 25.4 Å². The zero-order valence-corrected chi connectivity index (χ0v) is 10.7. The molecule has 4 nitrogen and oxygen atoms in total. The molecule has 0 unspecified atom stereocenters. The molecule has 0 amide bonds. The summed E-state index contributed by atoms with van der Waals surface area (Å²) in [5.74, 6) is -0.724. The second kappa shape index (κ2) is 5.70. The number of halogens is 3. The third-order valence-electron chi connectivity index (χ3n) is 3.13. The monoisotopic (exact) mass is 288 g/mol. The molecular weight excluding hydrogens is 273 g/mol. The van der Waals surface area contributed by atoms with Crippen LogP contribution in [0.5, 0.6) is 0 Å². The third-order valence-corrected chi connectivity index (χ3v) is 3.13. The Hall–Kier alpha value is -1.76. The molecule has 1 aromatic carbocycles. The van der Waals surface area contributed by atoms with Crippen LogP contribution in [0.2, 0.25) is 0 Å². The molecule has 1 aliphatic rings. The average Bonchev–Trinajstić information content (AvgIpc) is 2.38. The summed E-state index contributed by atoms with van der Waals surface area (Å²) in [6, 6.07) is 2.61. The van der Waals surface area contributed by atoms with Crippen molar-refractivity contribution in [3.63, 3.8) is 0 Å². The summed E-state index contributed by atoms with van der Waals surface area (Å²) in [5, 5.41) is 1.52. The Balaban J connectivity index is 2.10. The average molecular weight is 288 g/mol. The van der Waals surface area contributed by atoms with Crippen LogP contribution in [0.15, 0.2) is 18.2 Å². The van der Waals surface area contributed by atoms with Crippen molar-refractivity contribution in [3.8, 4) is 0 Å². The summed E-state index contributed by atoms with van der Waals surface area (Å²) >= 11 is 0. The first-order valence-corrected chi connectivity index (χ1v) is 6.32. The number of benzene rings is 1. The summed E-state index contributed by atoms with van der Waals surface area (Å²) in [7, 11) is 0. The predicted octanol–water partition coefficient (Wildman–Crippen LogP) is 2.85. The fourth-order valence-electron chi connectivity index (χ4n) is 2.05. The lowest BCUT2D eigenvalue weighted by Crippen LogP contribution is -2.32. The summed E-state index contributed by atoms with van der Waals surface area (Å²) in [4.78, 5) is 17.0. The Bertz CT molecular complexity index is 497. The SMILES string of the molecule is Nc1cc(C(F)(F)F)ccc1C(=O)ON1CCCCC1. The van der Waals surface area contributed by atoms with Crippen molar-refractivity contribution in [1.29, 1.82) is 0 Å². The third kappa shape index (κ3) is 3.41. The highest BCUT2D eigenvalue weighted by molar-refractivity contribution is 5.95. The van der Waals surface area contributed by atoms with E-state index in [-0.39, 0.29) is 11.3 Å². The lowest BCUT2D eigenvalue weighted by molar-refractivity contribution is -0.137. The molecule has 0 bridgehead atoms. The Morgan fingerprint density at radius 2 is 1.85 bits per heavy atom. The zero-order chi connectivity index (χ0) is 14.8. The van der Waals surface area contributed by atoms with E-state index in [4.69, 9.17) is 10.6 Å². The summed E-state index contributed by atoms with van der Waals surface area (Å²) in [6.45, 7) is 1.26. The Kier molecular flexibility index (Phi) is 4.17. The van der Waals surface area contributed by atoms with E-state index in [1.165, 1.54) is 5.06 Å². The van der Waals surface area contributed by atoms with Gasteiger partial charge in [-0.1, -0.05) is 6.42 Å². The van der Waals surface area contributed by atoms with E-state index < -0.39 is 17.7 Å². The molecule has 0 aliphatic carbocycles. The van der Waals surface area contributed by atoms with Crippen LogP contribution in [0.25, 0.3) is 0 Å². The van der Waals surface area contributed by atoms with Crippen LogP contribution < -0.4 is 5.73 Å². The molecule has 0 radical (unpaired) electrons. The van der Waals surface area contributed by atoms with Crippen LogP contribution >= 0.6 is 0 Å². The van der Waals surface area contributed by atoms with E-state index in [1.54, 1.807) is 0 Å². The van der Waals surface area contributed by atoms with Gasteiger partial charge >= 0.3 is 12.1 Å². The fourth-order valence-corrected chi connectivity index (χ4v) is 2.05. The number of alkyl halides is 3. The number of nitrogen functional groups attached to an aromatic ring is 1. The zero-order valence-electron chi connectivity index (χ0n) is 10.7. The Morgan fingerprint density at radius 3 is 2.40 bits per heavy atom. The maximum Gasteiger partial charge on any atom is 0.416 e. The van der Waals surface area contributed by atoms with Gasteiger partial charge in [0.2, 0.25) is 0 Å². The second-order valence-corrected chi connectivity index (χ2v) is 4.67. The predicted molar refractivity (Wildman–Crippen MR) is 66.7 cm³/mol. The molecule has 1 aliphatic heterocycles. The largest absolute Gasteiger partial charge is 0.416 e. The molecular formula is C13H15F3N2O2. The Morgan fingerprint density at radius 1 is 1.20 bits per heavy atom. The number of hydrogen-bond donors (Lipinski definition) is 1. The second-order valence-electron chi connectivity index (χ2n) is 4.67. The summed E-state index contributed by atoms with van der Waals surface area (Å²) < 4.78 is 37.5. The number of carbonyl (C=O) groups is 1. The van der Waals surface area contributed by atoms with E-state index >= 15 is 0 Å². The van der Waals surface area contributed by atoms with Gasteiger partial charge in [-0.3, -0.25) is 0 Å². The topological polar surface area (TPSA) is 55.6 Å². The van der Waals surface area contributed by atoms with E-state index in [2.05, 4.69) is 0 Å². The number of carbonyl (C=O) groups excluding carboxylic acids is 1. The molecule has 7 heteroatoms. The maximum atomic E-state index is 12.5. The van der Waals surface area contributed by atoms with Gasteiger partial charge in [-0.2, -0.15) is 13.2 Å². The van der Waals surface area contributed by atoms with Crippen LogP contribution in [-0.4, -0.2) is 24.1 Å². The maximum absolute atomic E-state index is 12.5. The minimum atomic E-state index is -4.48. The van der Waals surface area contributed by atoms with Crippen LogP contribution in [0, 0.1) is 0 Å². The van der Waals surface area contributed by atoms with Gasteiger partial charge in [-0.25, -0.2) is 4.79 Å². The van der Waals surface area contributed by atoms with Crippen molar-refractivity contribution >= 4 is 11.7 Å². The summed E-state index contributed by atoms with van der Waals surface area (Å²) in [5.41, 5.74) is 4.33. The van der Waals surface area contributed by atoms with E-state index in [9.17, 15) is 18.0 Å². The van der Waals surface area contributed by atoms with Crippen molar-refractivity contribution in [2.24, 2.45) is 0 Å². The standard InChI is InChI=1S/C13H15F3N2O2/c14-13(15,16)9-4-5-10(11(17)8-9)12(19)20-18-6-2-1-3-7-18/h4-5,8H,1-3,6-7,17H2. The van der Waals surface area contributed by atoms with Gasteiger partial charge in [0.05, 0.1) is 11.1 Å². The minimum absolute atomic E-state index is 0.0522. The molecule has 1 fully saturated rings. The molecule has 20 heavy (non-hydrogen) atoms. The normalized spacial score (nSPS) is 16.9. The van der Waals surface area contributed by atoms with E-state index in [1.807, 2.05) is 0 Å². The van der Waals surface area contributed by atoms with Crippen molar-refractivity contribution < 1.29 is 22.8 Å². The number of piperidine rings is 1. The van der Waals surface area contributed by atoms with Gasteiger partial charge in [0.1, 0.15) is 0 Å². The molecule has 1 aromatic rings.